The molecule has 0 aliphatic rings. The molecule has 0 N–H and O–H groups in total. The van der Waals surface area contributed by atoms with Crippen molar-refractivity contribution in [1.82, 2.24) is 20.4 Å². The fourth-order valence-electron chi connectivity index (χ4n) is 1.11. The Kier molecular flexibility index (Phi) is 3.08. The first-order valence-electron chi connectivity index (χ1n) is 4.45. The molecule has 0 unspecified atom stereocenters. The van der Waals surface area contributed by atoms with Crippen LogP contribution in [0.3, 0.4) is 0 Å². The Morgan fingerprint density at radius 3 is 2.19 bits per heavy atom. The predicted molar refractivity (Wildman–Crippen MR) is 59.6 cm³/mol. The van der Waals surface area contributed by atoms with Crippen LogP contribution in [0.5, 0.6) is 0 Å². The second-order valence-corrected chi connectivity index (χ2v) is 3.67. The molecule has 2 aromatic rings. The van der Waals surface area contributed by atoms with Crippen molar-refractivity contribution in [2.45, 2.75) is 5.16 Å². The number of aromatic nitrogens is 4. The number of hydrogen-bond acceptors (Lipinski definition) is 6. The molecule has 0 spiro atoms. The van der Waals surface area contributed by atoms with E-state index in [9.17, 15) is 0 Å². The number of hydrogen-bond donors (Lipinski definition) is 0. The molecule has 0 saturated heterocycles. The lowest BCUT2D eigenvalue weighted by Gasteiger charge is -1.98. The highest BCUT2D eigenvalue weighted by Gasteiger charge is 2.03. The molecule has 0 bridgehead atoms. The van der Waals surface area contributed by atoms with E-state index < -0.39 is 0 Å². The van der Waals surface area contributed by atoms with E-state index in [1.807, 2.05) is 12.3 Å². The Morgan fingerprint density at radius 2 is 1.69 bits per heavy atom. The van der Waals surface area contributed by atoms with Gasteiger partial charge in [0.25, 0.3) is 0 Å². The fourth-order valence-corrected chi connectivity index (χ4v) is 1.36. The normalized spacial score (nSPS) is 9.75. The molecule has 6 heteroatoms. The third-order valence-electron chi connectivity index (χ3n) is 1.92. The maximum absolute atomic E-state index is 8.66. The smallest absolute Gasteiger partial charge is 0.192 e. The minimum atomic E-state index is 0.460. The zero-order valence-corrected chi connectivity index (χ0v) is 9.27. The predicted octanol–water partition coefficient (Wildman–Crippen LogP) is 1.53. The maximum atomic E-state index is 8.66. The first-order chi connectivity index (χ1) is 7.83. The van der Waals surface area contributed by atoms with E-state index in [4.69, 9.17) is 5.26 Å². The van der Waals surface area contributed by atoms with Gasteiger partial charge in [-0.1, -0.05) is 11.8 Å². The third kappa shape index (κ3) is 2.15. The lowest BCUT2D eigenvalue weighted by molar-refractivity contribution is 0.755. The second kappa shape index (κ2) is 4.68. The molecule has 0 fully saturated rings. The lowest BCUT2D eigenvalue weighted by atomic mass is 10.1. The van der Waals surface area contributed by atoms with Gasteiger partial charge in [-0.2, -0.15) is 5.26 Å². The van der Waals surface area contributed by atoms with Gasteiger partial charge in [-0.25, -0.2) is 0 Å². The van der Waals surface area contributed by atoms with Crippen LogP contribution >= 0.6 is 11.8 Å². The molecule has 0 aliphatic carbocycles. The molecule has 1 aromatic carbocycles. The Morgan fingerprint density at radius 1 is 1.06 bits per heavy atom. The van der Waals surface area contributed by atoms with Crippen molar-refractivity contribution < 1.29 is 0 Å². The van der Waals surface area contributed by atoms with Crippen LogP contribution in [0.1, 0.15) is 5.56 Å². The molecular formula is C10H7N5S. The van der Waals surface area contributed by atoms with Crippen LogP contribution in [0.2, 0.25) is 0 Å². The van der Waals surface area contributed by atoms with Crippen molar-refractivity contribution in [1.29, 1.82) is 5.26 Å². The van der Waals surface area contributed by atoms with Gasteiger partial charge >= 0.3 is 0 Å². The van der Waals surface area contributed by atoms with Gasteiger partial charge in [0, 0.05) is 5.56 Å². The number of rotatable bonds is 2. The van der Waals surface area contributed by atoms with Crippen molar-refractivity contribution in [2.75, 3.05) is 6.26 Å². The van der Waals surface area contributed by atoms with Gasteiger partial charge in [-0.3, -0.25) is 0 Å². The van der Waals surface area contributed by atoms with E-state index >= 15 is 0 Å². The Labute approximate surface area is 96.5 Å². The summed E-state index contributed by atoms with van der Waals surface area (Å²) in [6.07, 6.45) is 1.86. The number of benzene rings is 1. The molecule has 0 amide bonds. The van der Waals surface area contributed by atoms with Gasteiger partial charge in [0.15, 0.2) is 0 Å². The molecule has 78 valence electrons. The van der Waals surface area contributed by atoms with E-state index in [1.54, 1.807) is 24.3 Å². The molecule has 2 rings (SSSR count). The maximum Gasteiger partial charge on any atom is 0.229 e. The van der Waals surface area contributed by atoms with Crippen molar-refractivity contribution in [2.24, 2.45) is 0 Å². The Balaban J connectivity index is 2.32. The summed E-state index contributed by atoms with van der Waals surface area (Å²) in [6, 6.07) is 9.02. The number of nitriles is 1. The van der Waals surface area contributed by atoms with Gasteiger partial charge in [-0.15, -0.1) is 20.4 Å². The summed E-state index contributed by atoms with van der Waals surface area (Å²) in [5.74, 6) is 0.460. The standard InChI is InChI=1S/C10H7N5S/c1-16-10-14-12-9(13-15-10)8-4-2-7(6-11)3-5-8/h2-5H,1H3. The topological polar surface area (TPSA) is 75.3 Å². The summed E-state index contributed by atoms with van der Waals surface area (Å²) in [4.78, 5) is 0. The molecular weight excluding hydrogens is 222 g/mol. The van der Waals surface area contributed by atoms with E-state index in [0.29, 0.717) is 16.5 Å². The third-order valence-corrected chi connectivity index (χ3v) is 2.44. The lowest BCUT2D eigenvalue weighted by Crippen LogP contribution is -1.97. The second-order valence-electron chi connectivity index (χ2n) is 2.90. The van der Waals surface area contributed by atoms with Crippen LogP contribution < -0.4 is 0 Å². The van der Waals surface area contributed by atoms with E-state index in [1.165, 1.54) is 11.8 Å². The zero-order chi connectivity index (χ0) is 11.4. The van der Waals surface area contributed by atoms with Gasteiger partial charge in [0.05, 0.1) is 11.6 Å². The van der Waals surface area contributed by atoms with Gasteiger partial charge < -0.3 is 0 Å². The van der Waals surface area contributed by atoms with Crippen molar-refractivity contribution in [3.8, 4) is 17.5 Å². The molecule has 0 aliphatic heterocycles. The minimum absolute atomic E-state index is 0.460. The molecule has 0 atom stereocenters. The zero-order valence-electron chi connectivity index (χ0n) is 8.45. The first kappa shape index (κ1) is 10.5. The molecule has 0 radical (unpaired) electrons. The fraction of sp³-hybridized carbons (Fsp3) is 0.100. The summed E-state index contributed by atoms with van der Waals surface area (Å²) in [6.45, 7) is 0. The van der Waals surface area contributed by atoms with E-state index in [2.05, 4.69) is 20.4 Å². The number of nitrogens with zero attached hydrogens (tertiary/aromatic N) is 5. The largest absolute Gasteiger partial charge is 0.229 e. The molecule has 1 aromatic heterocycles. The highest BCUT2D eigenvalue weighted by Crippen LogP contribution is 2.14. The van der Waals surface area contributed by atoms with Crippen LogP contribution in [-0.4, -0.2) is 26.7 Å². The molecule has 0 saturated carbocycles. The van der Waals surface area contributed by atoms with Gasteiger partial charge in [0.2, 0.25) is 11.0 Å². The summed E-state index contributed by atoms with van der Waals surface area (Å²) in [5.41, 5.74) is 1.40. The quantitative estimate of drug-likeness (QED) is 0.727. The van der Waals surface area contributed by atoms with Crippen molar-refractivity contribution in [3.05, 3.63) is 29.8 Å². The minimum Gasteiger partial charge on any atom is -0.192 e. The molecule has 5 nitrogen and oxygen atoms in total. The van der Waals surface area contributed by atoms with E-state index in [-0.39, 0.29) is 0 Å². The van der Waals surface area contributed by atoms with Gasteiger partial charge in [0.1, 0.15) is 0 Å². The van der Waals surface area contributed by atoms with Gasteiger partial charge in [-0.05, 0) is 30.5 Å². The van der Waals surface area contributed by atoms with Crippen LogP contribution in [0.25, 0.3) is 11.4 Å². The SMILES string of the molecule is CSc1nnc(-c2ccc(C#N)cc2)nn1. The molecule has 1 heterocycles. The first-order valence-corrected chi connectivity index (χ1v) is 5.68. The summed E-state index contributed by atoms with van der Waals surface area (Å²) in [7, 11) is 0. The highest BCUT2D eigenvalue weighted by atomic mass is 32.2. The Hall–Kier alpha value is -2.00. The van der Waals surface area contributed by atoms with Crippen LogP contribution in [0.4, 0.5) is 0 Å². The van der Waals surface area contributed by atoms with Crippen LogP contribution in [0.15, 0.2) is 29.4 Å². The summed E-state index contributed by atoms with van der Waals surface area (Å²) >= 11 is 1.39. The average Bonchev–Trinajstić information content (AvgIpc) is 2.39. The summed E-state index contributed by atoms with van der Waals surface area (Å²) in [5, 5.41) is 24.9. The van der Waals surface area contributed by atoms with Crippen LogP contribution in [0, 0.1) is 11.3 Å². The molecule has 16 heavy (non-hydrogen) atoms. The monoisotopic (exact) mass is 229 g/mol. The Bertz CT molecular complexity index is 514. The summed E-state index contributed by atoms with van der Waals surface area (Å²) < 4.78 is 0. The number of thioether (sulfide) groups is 1. The highest BCUT2D eigenvalue weighted by molar-refractivity contribution is 7.98. The van der Waals surface area contributed by atoms with Crippen molar-refractivity contribution >= 4 is 11.8 Å². The van der Waals surface area contributed by atoms with Crippen LogP contribution in [-0.2, 0) is 0 Å². The van der Waals surface area contributed by atoms with Crippen molar-refractivity contribution in [3.63, 3.8) is 0 Å². The average molecular weight is 229 g/mol. The van der Waals surface area contributed by atoms with E-state index in [0.717, 1.165) is 5.56 Å².